The lowest BCUT2D eigenvalue weighted by Gasteiger charge is -1.99. The normalized spacial score (nSPS) is 14.7. The molecule has 76 valence electrons. The lowest BCUT2D eigenvalue weighted by atomic mass is 10.1. The third kappa shape index (κ3) is 1.84. The number of allylic oxidation sites excluding steroid dienone is 3. The number of hydrogen-bond donors (Lipinski definition) is 1. The van der Waals surface area contributed by atoms with Gasteiger partial charge in [0.1, 0.15) is 0 Å². The molecule has 0 bridgehead atoms. The molecule has 0 unspecified atom stereocenters. The van der Waals surface area contributed by atoms with Gasteiger partial charge in [-0.2, -0.15) is 0 Å². The minimum atomic E-state index is -0.903. The molecule has 0 spiro atoms. The molecule has 0 atom stereocenters. The van der Waals surface area contributed by atoms with Crippen molar-refractivity contribution < 1.29 is 9.90 Å². The fourth-order valence-corrected chi connectivity index (χ4v) is 1.93. The van der Waals surface area contributed by atoms with E-state index in [-0.39, 0.29) is 0 Å². The number of benzene rings is 1. The van der Waals surface area contributed by atoms with Crippen LogP contribution < -0.4 is 0 Å². The van der Waals surface area contributed by atoms with Gasteiger partial charge >= 0.3 is 5.97 Å². The van der Waals surface area contributed by atoms with Crippen LogP contribution in [0.25, 0.3) is 5.57 Å². The second-order valence-electron chi connectivity index (χ2n) is 3.70. The molecule has 1 aliphatic carbocycles. The van der Waals surface area contributed by atoms with Crippen LogP contribution in [-0.2, 0) is 11.2 Å². The van der Waals surface area contributed by atoms with Crippen molar-refractivity contribution in [2.45, 2.75) is 13.3 Å². The fourth-order valence-electron chi connectivity index (χ4n) is 1.93. The lowest BCUT2D eigenvalue weighted by Crippen LogP contribution is -1.87. The first kappa shape index (κ1) is 9.71. The highest BCUT2D eigenvalue weighted by Crippen LogP contribution is 2.32. The number of hydrogen-bond acceptors (Lipinski definition) is 1. The van der Waals surface area contributed by atoms with Gasteiger partial charge in [-0.1, -0.05) is 29.8 Å². The second-order valence-corrected chi connectivity index (χ2v) is 3.70. The van der Waals surface area contributed by atoms with Crippen molar-refractivity contribution >= 4 is 11.5 Å². The van der Waals surface area contributed by atoms with Gasteiger partial charge in [0.25, 0.3) is 0 Å². The predicted molar refractivity (Wildman–Crippen MR) is 59.5 cm³/mol. The summed E-state index contributed by atoms with van der Waals surface area (Å²) in [5.41, 5.74) is 4.72. The molecule has 0 saturated heterocycles. The van der Waals surface area contributed by atoms with Gasteiger partial charge in [0.15, 0.2) is 0 Å². The number of aliphatic carboxylic acids is 1. The summed E-state index contributed by atoms with van der Waals surface area (Å²) >= 11 is 0. The van der Waals surface area contributed by atoms with Crippen LogP contribution in [0.1, 0.15) is 18.1 Å². The van der Waals surface area contributed by atoms with E-state index in [4.69, 9.17) is 5.11 Å². The van der Waals surface area contributed by atoms with Gasteiger partial charge in [0.05, 0.1) is 0 Å². The molecule has 0 fully saturated rings. The quantitative estimate of drug-likeness (QED) is 0.745. The van der Waals surface area contributed by atoms with E-state index in [2.05, 4.69) is 6.07 Å². The van der Waals surface area contributed by atoms with Crippen LogP contribution in [0.3, 0.4) is 0 Å². The van der Waals surface area contributed by atoms with Gasteiger partial charge in [0.2, 0.25) is 0 Å². The number of rotatable bonds is 2. The summed E-state index contributed by atoms with van der Waals surface area (Å²) in [6.45, 7) is 2.04. The van der Waals surface area contributed by atoms with Crippen molar-refractivity contribution in [3.63, 3.8) is 0 Å². The van der Waals surface area contributed by atoms with Crippen molar-refractivity contribution in [3.05, 3.63) is 53.1 Å². The van der Waals surface area contributed by atoms with E-state index in [1.54, 1.807) is 6.08 Å². The summed E-state index contributed by atoms with van der Waals surface area (Å²) in [7, 11) is 0. The maximum absolute atomic E-state index is 10.5. The summed E-state index contributed by atoms with van der Waals surface area (Å²) in [5.74, 6) is -0.903. The zero-order valence-corrected chi connectivity index (χ0v) is 8.53. The summed E-state index contributed by atoms with van der Waals surface area (Å²) in [6.07, 6.45) is 3.81. The molecule has 15 heavy (non-hydrogen) atoms. The predicted octanol–water partition coefficient (Wildman–Crippen LogP) is 2.66. The maximum atomic E-state index is 10.5. The van der Waals surface area contributed by atoms with Crippen LogP contribution in [0.5, 0.6) is 0 Å². The van der Waals surface area contributed by atoms with Gasteiger partial charge < -0.3 is 5.11 Å². The lowest BCUT2D eigenvalue weighted by molar-refractivity contribution is -0.131. The summed E-state index contributed by atoms with van der Waals surface area (Å²) < 4.78 is 0. The number of carboxylic acid groups (broad SMARTS) is 1. The molecule has 2 nitrogen and oxygen atoms in total. The molecule has 0 radical (unpaired) electrons. The Balaban J connectivity index is 2.40. The largest absolute Gasteiger partial charge is 0.478 e. The number of carbonyl (C=O) groups is 1. The Bertz CT molecular complexity index is 467. The summed E-state index contributed by atoms with van der Waals surface area (Å²) in [6, 6.07) is 8.11. The second kappa shape index (κ2) is 3.73. The van der Waals surface area contributed by atoms with E-state index in [9.17, 15) is 4.79 Å². The smallest absolute Gasteiger partial charge is 0.328 e. The molecule has 0 heterocycles. The average molecular weight is 200 g/mol. The van der Waals surface area contributed by atoms with E-state index in [0.29, 0.717) is 0 Å². The minimum absolute atomic E-state index is 0.903. The number of carboxylic acids is 1. The van der Waals surface area contributed by atoms with Crippen molar-refractivity contribution in [2.75, 3.05) is 0 Å². The summed E-state index contributed by atoms with van der Waals surface area (Å²) in [4.78, 5) is 10.5. The summed E-state index contributed by atoms with van der Waals surface area (Å²) in [5, 5.41) is 8.60. The van der Waals surface area contributed by atoms with Crippen molar-refractivity contribution in [1.82, 2.24) is 0 Å². The Labute approximate surface area is 88.6 Å². The van der Waals surface area contributed by atoms with Gasteiger partial charge in [-0.05, 0) is 36.1 Å². The zero-order valence-electron chi connectivity index (χ0n) is 8.53. The Morgan fingerprint density at radius 1 is 1.40 bits per heavy atom. The first-order valence-corrected chi connectivity index (χ1v) is 4.87. The third-order valence-electron chi connectivity index (χ3n) is 2.62. The standard InChI is InChI=1S/C13H12O2/c1-9-8-10-4-2-3-5-12(10)11(9)6-7-13(14)15/h2-7H,8H2,1H3,(H,14,15)/b7-6+. The van der Waals surface area contributed by atoms with Gasteiger partial charge in [-0.3, -0.25) is 0 Å². The zero-order chi connectivity index (χ0) is 10.8. The van der Waals surface area contributed by atoms with Crippen LogP contribution in [-0.4, -0.2) is 11.1 Å². The Hall–Kier alpha value is -1.83. The molecule has 2 heteroatoms. The van der Waals surface area contributed by atoms with Crippen molar-refractivity contribution in [3.8, 4) is 0 Å². The molecule has 0 aliphatic heterocycles. The SMILES string of the molecule is CC1=C(/C=C/C(=O)O)c2ccccc2C1. The minimum Gasteiger partial charge on any atom is -0.478 e. The average Bonchev–Trinajstić information content (AvgIpc) is 2.50. The van der Waals surface area contributed by atoms with Gasteiger partial charge in [0, 0.05) is 6.08 Å². The maximum Gasteiger partial charge on any atom is 0.328 e. The molecular weight excluding hydrogens is 188 g/mol. The Morgan fingerprint density at radius 2 is 2.13 bits per heavy atom. The van der Waals surface area contributed by atoms with Crippen LogP contribution >= 0.6 is 0 Å². The Morgan fingerprint density at radius 3 is 2.87 bits per heavy atom. The fraction of sp³-hybridized carbons (Fsp3) is 0.154. The van der Waals surface area contributed by atoms with E-state index in [0.717, 1.165) is 17.6 Å². The van der Waals surface area contributed by atoms with Crippen molar-refractivity contribution in [2.24, 2.45) is 0 Å². The highest BCUT2D eigenvalue weighted by Gasteiger charge is 2.15. The highest BCUT2D eigenvalue weighted by molar-refractivity contribution is 5.89. The third-order valence-corrected chi connectivity index (χ3v) is 2.62. The molecule has 1 aromatic rings. The van der Waals surface area contributed by atoms with Crippen LogP contribution in [0.2, 0.25) is 0 Å². The van der Waals surface area contributed by atoms with E-state index in [1.165, 1.54) is 17.2 Å². The molecule has 0 saturated carbocycles. The number of fused-ring (bicyclic) bond motifs is 1. The first-order chi connectivity index (χ1) is 7.18. The van der Waals surface area contributed by atoms with E-state index >= 15 is 0 Å². The van der Waals surface area contributed by atoms with Crippen LogP contribution in [0.15, 0.2) is 42.0 Å². The van der Waals surface area contributed by atoms with Gasteiger partial charge in [-0.15, -0.1) is 0 Å². The highest BCUT2D eigenvalue weighted by atomic mass is 16.4. The van der Waals surface area contributed by atoms with Gasteiger partial charge in [-0.25, -0.2) is 4.79 Å². The van der Waals surface area contributed by atoms with E-state index in [1.807, 2.05) is 25.1 Å². The van der Waals surface area contributed by atoms with Crippen LogP contribution in [0, 0.1) is 0 Å². The molecule has 1 N–H and O–H groups in total. The molecular formula is C13H12O2. The monoisotopic (exact) mass is 200 g/mol. The van der Waals surface area contributed by atoms with E-state index < -0.39 is 5.97 Å². The molecule has 1 aliphatic rings. The topological polar surface area (TPSA) is 37.3 Å². The molecule has 2 rings (SSSR count). The molecule has 1 aromatic carbocycles. The molecule has 0 aromatic heterocycles. The Kier molecular flexibility index (Phi) is 2.42. The first-order valence-electron chi connectivity index (χ1n) is 4.87. The van der Waals surface area contributed by atoms with Crippen LogP contribution in [0.4, 0.5) is 0 Å². The van der Waals surface area contributed by atoms with Crippen molar-refractivity contribution in [1.29, 1.82) is 0 Å². The molecule has 0 amide bonds.